The maximum absolute atomic E-state index is 12.0. The quantitative estimate of drug-likeness (QED) is 0.0950. The maximum Gasteiger partial charge on any atom is 0.305 e. The lowest BCUT2D eigenvalue weighted by atomic mass is 9.77. The molecular formula is C31H57ClO5. The van der Waals surface area contributed by atoms with Crippen molar-refractivity contribution in [1.82, 2.24) is 0 Å². The molecule has 5 nitrogen and oxygen atoms in total. The second-order valence-corrected chi connectivity index (χ2v) is 12.7. The largest absolute Gasteiger partial charge is 0.466 e. The van der Waals surface area contributed by atoms with Crippen molar-refractivity contribution in [3.63, 3.8) is 0 Å². The predicted molar refractivity (Wildman–Crippen MR) is 152 cm³/mol. The Morgan fingerprint density at radius 3 is 2.49 bits per heavy atom. The topological polar surface area (TPSA) is 65.0 Å². The van der Waals surface area contributed by atoms with E-state index < -0.39 is 5.79 Å². The summed E-state index contributed by atoms with van der Waals surface area (Å²) in [6.07, 6.45) is 17.3. The van der Waals surface area contributed by atoms with Gasteiger partial charge in [0, 0.05) is 18.8 Å². The van der Waals surface area contributed by atoms with Gasteiger partial charge in [0.1, 0.15) is 0 Å². The molecule has 0 amide bonds. The molecule has 0 aromatic carbocycles. The Labute approximate surface area is 232 Å². The molecule has 1 N–H and O–H groups in total. The lowest BCUT2D eigenvalue weighted by Crippen LogP contribution is -2.38. The van der Waals surface area contributed by atoms with Crippen molar-refractivity contribution >= 4 is 17.6 Å². The van der Waals surface area contributed by atoms with E-state index in [-0.39, 0.29) is 23.6 Å². The van der Waals surface area contributed by atoms with Gasteiger partial charge in [-0.3, -0.25) is 4.79 Å². The average molecular weight is 545 g/mol. The van der Waals surface area contributed by atoms with Crippen LogP contribution in [0.15, 0.2) is 0 Å². The van der Waals surface area contributed by atoms with Crippen LogP contribution >= 0.6 is 11.6 Å². The number of rotatable bonds is 20. The Bertz CT molecular complexity index is 627. The Kier molecular flexibility index (Phi) is 15.4. The third-order valence-electron chi connectivity index (χ3n) is 8.84. The van der Waals surface area contributed by atoms with Gasteiger partial charge in [0.15, 0.2) is 5.79 Å². The summed E-state index contributed by atoms with van der Waals surface area (Å²) >= 11 is 6.11. The first-order valence-corrected chi connectivity index (χ1v) is 16.0. The van der Waals surface area contributed by atoms with E-state index in [1.807, 2.05) is 0 Å². The van der Waals surface area contributed by atoms with E-state index in [2.05, 4.69) is 27.7 Å². The minimum absolute atomic E-state index is 0.0190. The first-order chi connectivity index (χ1) is 17.8. The van der Waals surface area contributed by atoms with Crippen LogP contribution in [-0.4, -0.2) is 48.2 Å². The van der Waals surface area contributed by atoms with E-state index in [9.17, 15) is 9.90 Å². The fourth-order valence-corrected chi connectivity index (χ4v) is 6.41. The Morgan fingerprint density at radius 1 is 1.05 bits per heavy atom. The molecule has 2 rings (SSSR count). The molecule has 1 saturated heterocycles. The second-order valence-electron chi connectivity index (χ2n) is 12.3. The first kappa shape index (κ1) is 32.8. The molecule has 37 heavy (non-hydrogen) atoms. The first-order valence-electron chi connectivity index (χ1n) is 15.5. The normalized spacial score (nSPS) is 26.7. The molecule has 1 aliphatic heterocycles. The number of ether oxygens (including phenoxy) is 3. The van der Waals surface area contributed by atoms with Crippen LogP contribution in [0.25, 0.3) is 0 Å². The van der Waals surface area contributed by atoms with Crippen LogP contribution < -0.4 is 0 Å². The Balaban J connectivity index is 1.77. The highest BCUT2D eigenvalue weighted by Gasteiger charge is 2.54. The highest BCUT2D eigenvalue weighted by atomic mass is 35.5. The molecule has 218 valence electrons. The van der Waals surface area contributed by atoms with E-state index in [4.69, 9.17) is 25.8 Å². The van der Waals surface area contributed by atoms with Gasteiger partial charge in [0.25, 0.3) is 0 Å². The van der Waals surface area contributed by atoms with Gasteiger partial charge >= 0.3 is 5.97 Å². The molecule has 0 bridgehead atoms. The molecule has 2 fully saturated rings. The van der Waals surface area contributed by atoms with Gasteiger partial charge in [-0.1, -0.05) is 79.1 Å². The van der Waals surface area contributed by atoms with Gasteiger partial charge < -0.3 is 19.3 Å². The molecule has 0 aromatic heterocycles. The molecule has 5 atom stereocenters. The molecule has 1 aliphatic carbocycles. The van der Waals surface area contributed by atoms with Crippen LogP contribution in [0.2, 0.25) is 0 Å². The summed E-state index contributed by atoms with van der Waals surface area (Å²) in [7, 11) is 0. The average Bonchev–Trinajstić information content (AvgIpc) is 3.46. The maximum atomic E-state index is 12.0. The molecule has 1 heterocycles. The number of unbranched alkanes of at least 4 members (excludes halogenated alkanes) is 7. The molecule has 0 radical (unpaired) electrons. The minimum atomic E-state index is -0.492. The van der Waals surface area contributed by atoms with E-state index in [0.717, 1.165) is 83.5 Å². The number of halogens is 1. The zero-order valence-electron chi connectivity index (χ0n) is 24.4. The fourth-order valence-electron chi connectivity index (χ4n) is 6.25. The number of carbonyl (C=O) groups excluding carboxylic acids is 1. The number of alkyl halides is 1. The number of esters is 1. The summed E-state index contributed by atoms with van der Waals surface area (Å²) in [5.74, 6) is 0.784. The summed E-state index contributed by atoms with van der Waals surface area (Å²) in [6, 6.07) is 0. The van der Waals surface area contributed by atoms with Crippen LogP contribution in [0.5, 0.6) is 0 Å². The van der Waals surface area contributed by atoms with Gasteiger partial charge in [-0.05, 0) is 56.3 Å². The van der Waals surface area contributed by atoms with Crippen LogP contribution in [0.1, 0.15) is 137 Å². The molecule has 1 saturated carbocycles. The minimum Gasteiger partial charge on any atom is -0.466 e. The molecular weight excluding hydrogens is 488 g/mol. The fraction of sp³-hybridized carbons (Fsp3) is 0.968. The molecule has 2 unspecified atom stereocenters. The molecule has 0 aromatic rings. The lowest BCUT2D eigenvalue weighted by Gasteiger charge is -2.35. The van der Waals surface area contributed by atoms with Crippen molar-refractivity contribution in [2.75, 3.05) is 19.1 Å². The lowest BCUT2D eigenvalue weighted by molar-refractivity contribution is -0.196. The van der Waals surface area contributed by atoms with Crippen LogP contribution in [0, 0.1) is 17.3 Å². The summed E-state index contributed by atoms with van der Waals surface area (Å²) in [6.45, 7) is 9.96. The van der Waals surface area contributed by atoms with Gasteiger partial charge in [-0.15, -0.1) is 11.6 Å². The van der Waals surface area contributed by atoms with Crippen molar-refractivity contribution in [2.24, 2.45) is 17.3 Å². The SMILES string of the molecule is CCCCCCOC(=O)CCCCCC[C@@H]1[C@@H](CC[C@H](O)C(C)(C)CCCC)CCC12OCC(CCl)O2. The van der Waals surface area contributed by atoms with Gasteiger partial charge in [0.2, 0.25) is 0 Å². The van der Waals surface area contributed by atoms with Crippen LogP contribution in [0.4, 0.5) is 0 Å². The number of aliphatic hydroxyl groups excluding tert-OH is 1. The summed E-state index contributed by atoms with van der Waals surface area (Å²) < 4.78 is 18.1. The van der Waals surface area contributed by atoms with Gasteiger partial charge in [-0.2, -0.15) is 0 Å². The van der Waals surface area contributed by atoms with E-state index in [1.54, 1.807) is 0 Å². The summed E-state index contributed by atoms with van der Waals surface area (Å²) in [4.78, 5) is 12.0. The monoisotopic (exact) mass is 544 g/mol. The van der Waals surface area contributed by atoms with E-state index >= 15 is 0 Å². The highest BCUT2D eigenvalue weighted by Crippen LogP contribution is 2.51. The van der Waals surface area contributed by atoms with E-state index in [0.29, 0.717) is 37.4 Å². The Hall–Kier alpha value is -0.360. The van der Waals surface area contributed by atoms with Gasteiger partial charge in [0.05, 0.1) is 31.3 Å². The van der Waals surface area contributed by atoms with Crippen molar-refractivity contribution in [1.29, 1.82) is 0 Å². The van der Waals surface area contributed by atoms with Crippen molar-refractivity contribution in [2.45, 2.75) is 155 Å². The highest BCUT2D eigenvalue weighted by molar-refractivity contribution is 6.18. The number of hydrogen-bond donors (Lipinski definition) is 1. The second kappa shape index (κ2) is 17.4. The third-order valence-corrected chi connectivity index (χ3v) is 9.19. The van der Waals surface area contributed by atoms with Crippen LogP contribution in [0.3, 0.4) is 0 Å². The third kappa shape index (κ3) is 11.0. The standard InChI is InChI=1S/C31H57ClO5/c1-5-7-9-14-22-35-29(34)16-13-11-10-12-15-27-25(17-18-28(33)30(3,4)20-8-6-2)19-21-31(27)36-24-26(23-32)37-31/h25-28,33H,5-24H2,1-4H3/t25-,26?,27+,28-,31?/m0/s1. The summed E-state index contributed by atoms with van der Waals surface area (Å²) in [5, 5.41) is 11.0. The predicted octanol–water partition coefficient (Wildman–Crippen LogP) is 8.18. The molecule has 1 spiro atoms. The number of hydrogen-bond acceptors (Lipinski definition) is 5. The number of aliphatic hydroxyl groups is 1. The Morgan fingerprint density at radius 2 is 1.78 bits per heavy atom. The molecule has 2 aliphatic rings. The van der Waals surface area contributed by atoms with Crippen LogP contribution in [-0.2, 0) is 19.0 Å². The molecule has 6 heteroatoms. The zero-order valence-corrected chi connectivity index (χ0v) is 25.2. The number of carbonyl (C=O) groups is 1. The smallest absolute Gasteiger partial charge is 0.305 e. The van der Waals surface area contributed by atoms with Crippen molar-refractivity contribution in [3.8, 4) is 0 Å². The van der Waals surface area contributed by atoms with E-state index in [1.165, 1.54) is 19.3 Å². The van der Waals surface area contributed by atoms with Gasteiger partial charge in [-0.25, -0.2) is 0 Å². The van der Waals surface area contributed by atoms with Crippen molar-refractivity contribution in [3.05, 3.63) is 0 Å². The zero-order chi connectivity index (χ0) is 27.2. The van der Waals surface area contributed by atoms with Crippen molar-refractivity contribution < 1.29 is 24.1 Å². The summed E-state index contributed by atoms with van der Waals surface area (Å²) in [5.41, 5.74) is -0.0392.